The van der Waals surface area contributed by atoms with Gasteiger partial charge in [0.05, 0.1) is 20.3 Å². The molecule has 0 unspecified atom stereocenters. The molecular weight excluding hydrogens is 278 g/mol. The molecule has 0 aliphatic carbocycles. The van der Waals surface area contributed by atoms with E-state index in [0.717, 1.165) is 22.7 Å². The smallest absolute Gasteiger partial charge is 0.193 e. The summed E-state index contributed by atoms with van der Waals surface area (Å²) < 4.78 is 10.7. The second-order valence-electron chi connectivity index (χ2n) is 4.60. The molecule has 2 aromatic carbocycles. The van der Waals surface area contributed by atoms with Gasteiger partial charge in [-0.2, -0.15) is 0 Å². The average Bonchev–Trinajstić information content (AvgIpc) is 2.55. The van der Waals surface area contributed by atoms with Crippen LogP contribution in [0.3, 0.4) is 0 Å². The van der Waals surface area contributed by atoms with Crippen molar-refractivity contribution >= 4 is 11.6 Å². The Morgan fingerprint density at radius 1 is 1.14 bits per heavy atom. The second kappa shape index (κ2) is 7.93. The van der Waals surface area contributed by atoms with E-state index in [1.807, 2.05) is 55.5 Å². The molecule has 0 aromatic heterocycles. The van der Waals surface area contributed by atoms with Gasteiger partial charge in [-0.15, -0.1) is 0 Å². The Hall–Kier alpha value is -2.69. The minimum atomic E-state index is 0.358. The Morgan fingerprint density at radius 3 is 2.55 bits per heavy atom. The number of ether oxygens (including phenoxy) is 2. The number of hydrogen-bond donors (Lipinski definition) is 2. The number of benzene rings is 2. The summed E-state index contributed by atoms with van der Waals surface area (Å²) in [5, 5.41) is 3.05. The molecule has 0 bridgehead atoms. The lowest BCUT2D eigenvalue weighted by atomic mass is 10.2. The fraction of sp³-hybridized carbons (Fsp3) is 0.235. The Balaban J connectivity index is 2.00. The molecule has 0 amide bonds. The highest BCUT2D eigenvalue weighted by Crippen LogP contribution is 2.19. The van der Waals surface area contributed by atoms with Gasteiger partial charge in [-0.3, -0.25) is 0 Å². The van der Waals surface area contributed by atoms with Crippen LogP contribution in [0.2, 0.25) is 0 Å². The lowest BCUT2D eigenvalue weighted by molar-refractivity contribution is 0.336. The van der Waals surface area contributed by atoms with Crippen LogP contribution in [0.4, 0.5) is 5.69 Å². The number of anilines is 1. The van der Waals surface area contributed by atoms with Gasteiger partial charge in [0, 0.05) is 11.3 Å². The summed E-state index contributed by atoms with van der Waals surface area (Å²) in [4.78, 5) is 4.35. The molecular formula is C17H21N3O2. The first kappa shape index (κ1) is 15.7. The van der Waals surface area contributed by atoms with E-state index in [2.05, 4.69) is 10.3 Å². The highest BCUT2D eigenvalue weighted by molar-refractivity contribution is 5.92. The van der Waals surface area contributed by atoms with Gasteiger partial charge in [-0.05, 0) is 37.3 Å². The molecule has 0 aliphatic rings. The quantitative estimate of drug-likeness (QED) is 0.635. The third-order valence-corrected chi connectivity index (χ3v) is 3.05. The van der Waals surface area contributed by atoms with Crippen LogP contribution in [0, 0.1) is 0 Å². The third kappa shape index (κ3) is 4.41. The molecule has 5 nitrogen and oxygen atoms in total. The molecule has 2 aromatic rings. The summed E-state index contributed by atoms with van der Waals surface area (Å²) in [5.41, 5.74) is 7.78. The van der Waals surface area contributed by atoms with E-state index in [1.54, 1.807) is 7.11 Å². The van der Waals surface area contributed by atoms with Crippen LogP contribution < -0.4 is 20.5 Å². The maximum Gasteiger partial charge on any atom is 0.193 e. The highest BCUT2D eigenvalue weighted by atomic mass is 16.5. The van der Waals surface area contributed by atoms with E-state index in [4.69, 9.17) is 15.2 Å². The van der Waals surface area contributed by atoms with E-state index in [9.17, 15) is 0 Å². The van der Waals surface area contributed by atoms with Crippen molar-refractivity contribution in [2.24, 2.45) is 10.7 Å². The van der Waals surface area contributed by atoms with Gasteiger partial charge in [0.1, 0.15) is 11.5 Å². The normalized spacial score (nSPS) is 11.1. The zero-order chi connectivity index (χ0) is 15.8. The van der Waals surface area contributed by atoms with Crippen molar-refractivity contribution in [1.82, 2.24) is 0 Å². The van der Waals surface area contributed by atoms with Crippen LogP contribution >= 0.6 is 0 Å². The van der Waals surface area contributed by atoms with Gasteiger partial charge in [-0.1, -0.05) is 18.2 Å². The molecule has 5 heteroatoms. The number of rotatable bonds is 6. The van der Waals surface area contributed by atoms with Crippen LogP contribution in [-0.4, -0.2) is 19.7 Å². The predicted molar refractivity (Wildman–Crippen MR) is 89.6 cm³/mol. The number of nitrogens with one attached hydrogen (secondary N) is 1. The minimum Gasteiger partial charge on any atom is -0.497 e. The molecule has 0 saturated heterocycles. The molecule has 0 heterocycles. The van der Waals surface area contributed by atoms with Gasteiger partial charge in [0.2, 0.25) is 0 Å². The van der Waals surface area contributed by atoms with Crippen molar-refractivity contribution in [3.8, 4) is 11.5 Å². The summed E-state index contributed by atoms with van der Waals surface area (Å²) in [7, 11) is 1.63. The zero-order valence-electron chi connectivity index (χ0n) is 12.9. The average molecular weight is 299 g/mol. The number of methoxy groups -OCH3 is 1. The highest BCUT2D eigenvalue weighted by Gasteiger charge is 2.02. The molecule has 22 heavy (non-hydrogen) atoms. The monoisotopic (exact) mass is 299 g/mol. The van der Waals surface area contributed by atoms with E-state index in [0.29, 0.717) is 19.1 Å². The van der Waals surface area contributed by atoms with Gasteiger partial charge in [0.25, 0.3) is 0 Å². The van der Waals surface area contributed by atoms with Crippen LogP contribution in [0.5, 0.6) is 11.5 Å². The number of nitrogens with two attached hydrogens (primary N) is 1. The SMILES string of the molecule is CCOc1ccccc1CN=C(N)Nc1ccc(OC)cc1. The molecule has 0 saturated carbocycles. The van der Waals surface area contributed by atoms with E-state index >= 15 is 0 Å². The fourth-order valence-electron chi connectivity index (χ4n) is 1.96. The van der Waals surface area contributed by atoms with Crippen LogP contribution in [-0.2, 0) is 6.54 Å². The Kier molecular flexibility index (Phi) is 5.65. The number of guanidine groups is 1. The van der Waals surface area contributed by atoms with Crippen molar-refractivity contribution in [2.75, 3.05) is 19.0 Å². The number of nitrogens with zero attached hydrogens (tertiary/aromatic N) is 1. The third-order valence-electron chi connectivity index (χ3n) is 3.05. The number of hydrogen-bond acceptors (Lipinski definition) is 3. The standard InChI is InChI=1S/C17H21N3O2/c1-3-22-16-7-5-4-6-13(16)12-19-17(18)20-14-8-10-15(21-2)11-9-14/h4-11H,3,12H2,1-2H3,(H3,18,19,20). The summed E-state index contributed by atoms with van der Waals surface area (Å²) in [5.74, 6) is 1.99. The summed E-state index contributed by atoms with van der Waals surface area (Å²) >= 11 is 0. The molecule has 0 fully saturated rings. The molecule has 0 radical (unpaired) electrons. The largest absolute Gasteiger partial charge is 0.497 e. The maximum absolute atomic E-state index is 5.91. The van der Waals surface area contributed by atoms with Crippen molar-refractivity contribution in [3.63, 3.8) is 0 Å². The van der Waals surface area contributed by atoms with Crippen LogP contribution in [0.25, 0.3) is 0 Å². The van der Waals surface area contributed by atoms with Crippen LogP contribution in [0.1, 0.15) is 12.5 Å². The van der Waals surface area contributed by atoms with E-state index in [-0.39, 0.29) is 0 Å². The van der Waals surface area contributed by atoms with Crippen molar-refractivity contribution in [1.29, 1.82) is 0 Å². The summed E-state index contributed by atoms with van der Waals surface area (Å²) in [6, 6.07) is 15.3. The lowest BCUT2D eigenvalue weighted by Crippen LogP contribution is -2.22. The van der Waals surface area contributed by atoms with Gasteiger partial charge >= 0.3 is 0 Å². The molecule has 2 rings (SSSR count). The molecule has 0 aliphatic heterocycles. The van der Waals surface area contributed by atoms with E-state index < -0.39 is 0 Å². The van der Waals surface area contributed by atoms with Crippen molar-refractivity contribution in [2.45, 2.75) is 13.5 Å². The molecule has 3 N–H and O–H groups in total. The van der Waals surface area contributed by atoms with E-state index in [1.165, 1.54) is 0 Å². The number of para-hydroxylation sites is 1. The Morgan fingerprint density at radius 2 is 1.86 bits per heavy atom. The first-order valence-electron chi connectivity index (χ1n) is 7.14. The van der Waals surface area contributed by atoms with Crippen molar-refractivity contribution < 1.29 is 9.47 Å². The Bertz CT molecular complexity index is 624. The second-order valence-corrected chi connectivity index (χ2v) is 4.60. The van der Waals surface area contributed by atoms with Gasteiger partial charge in [0.15, 0.2) is 5.96 Å². The topological polar surface area (TPSA) is 68.9 Å². The zero-order valence-corrected chi connectivity index (χ0v) is 12.9. The van der Waals surface area contributed by atoms with Crippen molar-refractivity contribution in [3.05, 3.63) is 54.1 Å². The first-order valence-corrected chi connectivity index (χ1v) is 7.14. The summed E-state index contributed by atoms with van der Waals surface area (Å²) in [6.45, 7) is 3.05. The number of aliphatic imine (C=N–C) groups is 1. The van der Waals surface area contributed by atoms with Gasteiger partial charge in [-0.25, -0.2) is 4.99 Å². The van der Waals surface area contributed by atoms with Gasteiger partial charge < -0.3 is 20.5 Å². The van der Waals surface area contributed by atoms with Crippen LogP contribution in [0.15, 0.2) is 53.5 Å². The molecule has 116 valence electrons. The minimum absolute atomic E-state index is 0.358. The maximum atomic E-state index is 5.91. The molecule has 0 atom stereocenters. The predicted octanol–water partition coefficient (Wildman–Crippen LogP) is 3.02. The first-order chi connectivity index (χ1) is 10.7. The molecule has 0 spiro atoms. The Labute approximate surface area is 130 Å². The fourth-order valence-corrected chi connectivity index (χ4v) is 1.96. The summed E-state index contributed by atoms with van der Waals surface area (Å²) in [6.07, 6.45) is 0. The lowest BCUT2D eigenvalue weighted by Gasteiger charge is -2.09.